The molecule has 0 aliphatic heterocycles. The zero-order valence-corrected chi connectivity index (χ0v) is 48.0. The third-order valence-corrected chi connectivity index (χ3v) is 18.4. The van der Waals surface area contributed by atoms with Gasteiger partial charge in [-0.15, -0.1) is 0 Å². The van der Waals surface area contributed by atoms with E-state index in [-0.39, 0.29) is 73.9 Å². The first-order chi connectivity index (χ1) is 31.3. The van der Waals surface area contributed by atoms with Gasteiger partial charge in [0.2, 0.25) is 0 Å². The van der Waals surface area contributed by atoms with Crippen LogP contribution in [0.2, 0.25) is 0 Å². The largest absolute Gasteiger partial charge is 4.00 e. The number of pyridine rings is 1. The molecule has 0 unspecified atom stereocenters. The van der Waals surface area contributed by atoms with Gasteiger partial charge in [-0.2, -0.15) is 0 Å². The summed E-state index contributed by atoms with van der Waals surface area (Å²) < 4.78 is 0. The zero-order chi connectivity index (χ0) is 46.2. The van der Waals surface area contributed by atoms with Crippen LogP contribution in [0.3, 0.4) is 0 Å². The van der Waals surface area contributed by atoms with E-state index in [1.807, 2.05) is 0 Å². The molecular formula is C65H81HfNO2. The monoisotopic (exact) mass is 1090 g/mol. The first kappa shape index (κ1) is 51.8. The molecular weight excluding hydrogens is 1010 g/mol. The first-order valence-electron chi connectivity index (χ1n) is 26.2. The van der Waals surface area contributed by atoms with Crippen molar-refractivity contribution in [3.8, 4) is 56.3 Å². The molecule has 8 aliphatic rings. The minimum atomic E-state index is -0.117. The van der Waals surface area contributed by atoms with Crippen LogP contribution < -0.4 is 10.2 Å². The fourth-order valence-electron chi connectivity index (χ4n) is 15.7. The van der Waals surface area contributed by atoms with Gasteiger partial charge in [-0.3, -0.25) is 0 Å². The fourth-order valence-corrected chi connectivity index (χ4v) is 15.7. The maximum atomic E-state index is 15.5. The van der Waals surface area contributed by atoms with Crippen LogP contribution in [0.5, 0.6) is 11.5 Å². The number of rotatable bonds is 8. The Bertz CT molecular complexity index is 2470. The minimum absolute atomic E-state index is 0. The topological polar surface area (TPSA) is 59.0 Å². The predicted octanol–water partition coefficient (Wildman–Crippen LogP) is 16.6. The van der Waals surface area contributed by atoms with E-state index in [4.69, 9.17) is 4.98 Å². The Morgan fingerprint density at radius 3 is 1.06 bits per heavy atom. The molecule has 8 saturated carbocycles. The van der Waals surface area contributed by atoms with E-state index in [1.54, 1.807) is 0 Å². The maximum absolute atomic E-state index is 15.5. The number of aromatic nitrogens is 1. The molecule has 13 rings (SSSR count). The molecule has 0 spiro atoms. The van der Waals surface area contributed by atoms with E-state index >= 15 is 10.2 Å². The molecule has 0 amide bonds. The molecule has 0 atom stereocenters. The second-order valence-corrected chi connectivity index (χ2v) is 26.0. The van der Waals surface area contributed by atoms with E-state index in [0.29, 0.717) is 11.8 Å². The minimum Gasteiger partial charge on any atom is -0.872 e. The third kappa shape index (κ3) is 9.09. The fraction of sp³-hybridized carbons (Fsp3) is 0.523. The van der Waals surface area contributed by atoms with Crippen molar-refractivity contribution >= 4 is 0 Å². The Balaban J connectivity index is 0.00000214. The molecule has 362 valence electrons. The second-order valence-electron chi connectivity index (χ2n) is 26.0. The number of hydrogen-bond donors (Lipinski definition) is 0. The van der Waals surface area contributed by atoms with Crippen LogP contribution in [0.4, 0.5) is 0 Å². The summed E-state index contributed by atoms with van der Waals surface area (Å²) in [4.78, 5) is 5.64. The molecule has 4 aromatic carbocycles. The Kier molecular flexibility index (Phi) is 13.9. The molecule has 0 saturated heterocycles. The Hall–Kier alpha value is -3.50. The van der Waals surface area contributed by atoms with E-state index in [0.717, 1.165) is 130 Å². The summed E-state index contributed by atoms with van der Waals surface area (Å²) in [5.74, 6) is 5.57. The Labute approximate surface area is 436 Å². The summed E-state index contributed by atoms with van der Waals surface area (Å²) in [5, 5.41) is 30.9. The standard InChI is InChI=1S/C63H77NO2.2CH3.Hf/c1-36(2)44-14-16-48(52-26-46(60(5,6)7)28-54(58(52)65)62-30-38-18-39(31-62)20-40(19-38)32-62)50(24-44)56-12-11-13-57(64-56)51-25-45(37(3)4)15-17-49(51)53-27-47(61(8,9)10)29-55(59(53)66)63-33-41-21-42(34-63)23-43(22-41)35-63;;;/h11-17,24-29,36-43,65-66H,18-23,30-35H2,1-10H3;2*1H3;/q;2*-1;+4/p-2. The SMILES string of the molecule is CC(C)c1ccc(-c2cc(C(C)(C)C)cc(C34CC5CC(CC(C5)C3)C4)c2[O-])c(-c2cccc(-c3cc(C(C)C)ccc3-c3cc(C(C)(C)C)cc(C45CC6CC(CC(C6)C4)C5)c3[O-])n2)c1.[CH3-].[CH3-].[Hf+4]. The van der Waals surface area contributed by atoms with E-state index in [9.17, 15) is 0 Å². The van der Waals surface area contributed by atoms with Gasteiger partial charge >= 0.3 is 25.8 Å². The molecule has 1 heterocycles. The average Bonchev–Trinajstić information content (AvgIpc) is 3.24. The van der Waals surface area contributed by atoms with Crippen molar-refractivity contribution in [3.63, 3.8) is 0 Å². The number of hydrogen-bond acceptors (Lipinski definition) is 3. The van der Waals surface area contributed by atoms with Crippen molar-refractivity contribution in [2.75, 3.05) is 0 Å². The number of benzene rings is 4. The van der Waals surface area contributed by atoms with Crippen LogP contribution in [0, 0.1) is 50.4 Å². The maximum Gasteiger partial charge on any atom is 4.00 e. The van der Waals surface area contributed by atoms with Crippen molar-refractivity contribution in [1.82, 2.24) is 4.98 Å². The van der Waals surface area contributed by atoms with Crippen molar-refractivity contribution in [3.05, 3.63) is 127 Å². The molecule has 4 heteroatoms. The van der Waals surface area contributed by atoms with Gasteiger partial charge in [-0.1, -0.05) is 135 Å². The molecule has 1 aromatic heterocycles. The van der Waals surface area contributed by atoms with Crippen LogP contribution in [0.15, 0.2) is 78.9 Å². The van der Waals surface area contributed by atoms with Gasteiger partial charge in [0.1, 0.15) is 0 Å². The molecule has 8 aliphatic carbocycles. The van der Waals surface area contributed by atoms with E-state index in [2.05, 4.69) is 148 Å². The molecule has 8 bridgehead atoms. The van der Waals surface area contributed by atoms with Crippen LogP contribution in [-0.2, 0) is 47.5 Å². The molecule has 3 nitrogen and oxygen atoms in total. The van der Waals surface area contributed by atoms with Crippen LogP contribution in [0.1, 0.15) is 192 Å². The van der Waals surface area contributed by atoms with Crippen LogP contribution >= 0.6 is 0 Å². The summed E-state index contributed by atoms with van der Waals surface area (Å²) in [6.07, 6.45) is 15.1. The Morgan fingerprint density at radius 1 is 0.449 bits per heavy atom. The van der Waals surface area contributed by atoms with Gasteiger partial charge < -0.3 is 25.1 Å². The molecule has 69 heavy (non-hydrogen) atoms. The van der Waals surface area contributed by atoms with E-state index < -0.39 is 0 Å². The first-order valence-corrected chi connectivity index (χ1v) is 26.2. The summed E-state index contributed by atoms with van der Waals surface area (Å²) in [5.41, 5.74) is 14.2. The van der Waals surface area contributed by atoms with Gasteiger partial charge in [0.05, 0.1) is 11.4 Å². The average molecular weight is 1090 g/mol. The smallest absolute Gasteiger partial charge is 0.872 e. The van der Waals surface area contributed by atoms with Gasteiger partial charge in [-0.25, -0.2) is 4.98 Å². The summed E-state index contributed by atoms with van der Waals surface area (Å²) >= 11 is 0. The molecule has 0 radical (unpaired) electrons. The van der Waals surface area contributed by atoms with Gasteiger partial charge in [-0.05, 0) is 226 Å². The second kappa shape index (κ2) is 18.5. The van der Waals surface area contributed by atoms with Crippen molar-refractivity contribution in [2.45, 2.75) is 180 Å². The van der Waals surface area contributed by atoms with Gasteiger partial charge in [0, 0.05) is 11.1 Å². The molecule has 0 N–H and O–H groups in total. The van der Waals surface area contributed by atoms with Gasteiger partial charge in [0.15, 0.2) is 0 Å². The van der Waals surface area contributed by atoms with Gasteiger partial charge in [0.25, 0.3) is 0 Å². The molecule has 8 fully saturated rings. The van der Waals surface area contributed by atoms with Crippen LogP contribution in [0.25, 0.3) is 44.8 Å². The normalized spacial score (nSPS) is 27.6. The van der Waals surface area contributed by atoms with E-state index in [1.165, 1.54) is 60.8 Å². The molecule has 5 aromatic rings. The quantitative estimate of drug-likeness (QED) is 0.115. The summed E-state index contributed by atoms with van der Waals surface area (Å²) in [6.45, 7) is 22.8. The number of nitrogens with zero attached hydrogens (tertiary/aromatic N) is 1. The van der Waals surface area contributed by atoms with Crippen molar-refractivity contribution < 1.29 is 36.1 Å². The third-order valence-electron chi connectivity index (χ3n) is 18.4. The van der Waals surface area contributed by atoms with Crippen LogP contribution in [-0.4, -0.2) is 4.98 Å². The predicted molar refractivity (Wildman–Crippen MR) is 283 cm³/mol. The van der Waals surface area contributed by atoms with Crippen molar-refractivity contribution in [1.29, 1.82) is 0 Å². The zero-order valence-electron chi connectivity index (χ0n) is 44.4. The Morgan fingerprint density at radius 2 is 0.768 bits per heavy atom. The summed E-state index contributed by atoms with van der Waals surface area (Å²) in [6, 6.07) is 29.1. The summed E-state index contributed by atoms with van der Waals surface area (Å²) in [7, 11) is 0. The van der Waals surface area contributed by atoms with Crippen molar-refractivity contribution in [2.24, 2.45) is 35.5 Å².